The van der Waals surface area contributed by atoms with Crippen molar-refractivity contribution in [3.05, 3.63) is 48.5 Å². The number of ether oxygens (including phenoxy) is 2. The number of fused-ring (bicyclic) bond motifs is 1. The van der Waals surface area contributed by atoms with Crippen LogP contribution in [0.15, 0.2) is 43.0 Å². The van der Waals surface area contributed by atoms with Crippen LogP contribution in [0, 0.1) is 0 Å². The average molecular weight is 563 g/mol. The van der Waals surface area contributed by atoms with Gasteiger partial charge in [-0.25, -0.2) is 9.97 Å². The highest BCUT2D eigenvalue weighted by atomic mass is 31.2. The summed E-state index contributed by atoms with van der Waals surface area (Å²) in [7, 11) is 0.715. The number of benzene rings is 2. The first-order valence-electron chi connectivity index (χ1n) is 13.3. The van der Waals surface area contributed by atoms with Crippen molar-refractivity contribution in [1.29, 1.82) is 0 Å². The molecule has 0 aliphatic carbocycles. The Labute approximate surface area is 234 Å². The van der Waals surface area contributed by atoms with E-state index in [0.717, 1.165) is 38.0 Å². The van der Waals surface area contributed by atoms with E-state index in [0.29, 0.717) is 45.8 Å². The molecular weight excluding hydrogens is 527 g/mol. The van der Waals surface area contributed by atoms with Gasteiger partial charge in [0.1, 0.15) is 24.7 Å². The van der Waals surface area contributed by atoms with Gasteiger partial charge in [-0.05, 0) is 56.4 Å². The zero-order valence-electron chi connectivity index (χ0n) is 23.5. The minimum Gasteiger partial charge on any atom is -0.494 e. The van der Waals surface area contributed by atoms with Crippen molar-refractivity contribution in [2.75, 3.05) is 56.2 Å². The fraction of sp³-hybridized carbons (Fsp3) is 0.393. The highest BCUT2D eigenvalue weighted by Gasteiger charge is 2.24. The van der Waals surface area contributed by atoms with Gasteiger partial charge < -0.3 is 29.6 Å². The molecular formula is C28H35N8O3P. The zero-order chi connectivity index (χ0) is 28.3. The maximum Gasteiger partial charge on any atom is 0.232 e. The molecule has 0 atom stereocenters. The molecule has 11 nitrogen and oxygen atoms in total. The average Bonchev–Trinajstić information content (AvgIpc) is 2.96. The number of methoxy groups -OCH3 is 2. The topological polar surface area (TPSA) is 127 Å². The van der Waals surface area contributed by atoms with Crippen molar-refractivity contribution in [2.45, 2.75) is 32.3 Å². The van der Waals surface area contributed by atoms with E-state index < -0.39 is 7.14 Å². The number of anilines is 5. The van der Waals surface area contributed by atoms with Gasteiger partial charge >= 0.3 is 0 Å². The number of hydrogen-bond acceptors (Lipinski definition) is 11. The third-order valence-electron chi connectivity index (χ3n) is 7.11. The van der Waals surface area contributed by atoms with Gasteiger partial charge in [0.2, 0.25) is 11.9 Å². The minimum absolute atomic E-state index is 0.308. The predicted octanol–water partition coefficient (Wildman–Crippen LogP) is 4.74. The zero-order valence-corrected chi connectivity index (χ0v) is 24.4. The Bertz CT molecular complexity index is 1550. The molecule has 12 heteroatoms. The smallest absolute Gasteiger partial charge is 0.232 e. The summed E-state index contributed by atoms with van der Waals surface area (Å²) < 4.78 is 24.6. The van der Waals surface area contributed by atoms with Crippen molar-refractivity contribution in [3.63, 3.8) is 0 Å². The van der Waals surface area contributed by atoms with Crippen LogP contribution >= 0.6 is 7.14 Å². The monoisotopic (exact) mass is 562 g/mol. The van der Waals surface area contributed by atoms with Crippen LogP contribution in [-0.2, 0) is 15.7 Å². The second-order valence-corrected chi connectivity index (χ2v) is 13.2. The minimum atomic E-state index is -2.73. The molecule has 4 aromatic rings. The SMILES string of the molecule is CCc1cc(Nc2ncnc(Nc3ccc4nccnc4c3P(C)(C)=O)n2)c(OC)cc1N1CCC(OC)CC1. The molecule has 0 unspecified atom stereocenters. The van der Waals surface area contributed by atoms with E-state index in [4.69, 9.17) is 9.47 Å². The molecule has 0 bridgehead atoms. The lowest BCUT2D eigenvalue weighted by Crippen LogP contribution is -2.37. The van der Waals surface area contributed by atoms with Crippen molar-refractivity contribution in [3.8, 4) is 5.75 Å². The molecule has 0 saturated carbocycles. The van der Waals surface area contributed by atoms with Crippen molar-refractivity contribution < 1.29 is 14.0 Å². The van der Waals surface area contributed by atoms with E-state index in [1.165, 1.54) is 17.6 Å². The number of aromatic nitrogens is 5. The molecule has 0 radical (unpaired) electrons. The Balaban J connectivity index is 1.42. The summed E-state index contributed by atoms with van der Waals surface area (Å²) in [6.07, 6.45) is 7.82. The molecule has 2 aromatic carbocycles. The number of hydrogen-bond donors (Lipinski definition) is 2. The van der Waals surface area contributed by atoms with Gasteiger partial charge in [0.15, 0.2) is 0 Å². The number of nitrogens with zero attached hydrogens (tertiary/aromatic N) is 6. The Kier molecular flexibility index (Phi) is 8.14. The summed E-state index contributed by atoms with van der Waals surface area (Å²) in [5, 5.41) is 7.12. The lowest BCUT2D eigenvalue weighted by atomic mass is 10.0. The normalized spacial score (nSPS) is 14.4. The lowest BCUT2D eigenvalue weighted by Gasteiger charge is -2.34. The van der Waals surface area contributed by atoms with Crippen LogP contribution in [0.4, 0.5) is 29.0 Å². The number of aryl methyl sites for hydroxylation is 1. The predicted molar refractivity (Wildman–Crippen MR) is 160 cm³/mol. The summed E-state index contributed by atoms with van der Waals surface area (Å²) in [5.41, 5.74) is 5.03. The quantitative estimate of drug-likeness (QED) is 0.275. The van der Waals surface area contributed by atoms with Crippen LogP contribution in [0.3, 0.4) is 0 Å². The molecule has 1 aliphatic rings. The maximum atomic E-state index is 13.3. The van der Waals surface area contributed by atoms with Gasteiger partial charge in [0.25, 0.3) is 0 Å². The molecule has 5 rings (SSSR count). The van der Waals surface area contributed by atoms with E-state index in [9.17, 15) is 4.57 Å². The Morgan fingerprint density at radius 3 is 2.33 bits per heavy atom. The number of rotatable bonds is 9. The van der Waals surface area contributed by atoms with Gasteiger partial charge in [-0.3, -0.25) is 9.97 Å². The molecule has 3 heterocycles. The van der Waals surface area contributed by atoms with Crippen LogP contribution in [0.1, 0.15) is 25.3 Å². The lowest BCUT2D eigenvalue weighted by molar-refractivity contribution is 0.0819. The fourth-order valence-electron chi connectivity index (χ4n) is 5.12. The third-order valence-corrected chi connectivity index (χ3v) is 8.64. The molecule has 40 heavy (non-hydrogen) atoms. The fourth-order valence-corrected chi connectivity index (χ4v) is 6.51. The van der Waals surface area contributed by atoms with Crippen molar-refractivity contribution in [1.82, 2.24) is 24.9 Å². The Morgan fingerprint density at radius 2 is 1.68 bits per heavy atom. The van der Waals surface area contributed by atoms with Gasteiger partial charge in [0.05, 0.1) is 35.4 Å². The van der Waals surface area contributed by atoms with E-state index in [1.807, 2.05) is 12.1 Å². The molecule has 1 fully saturated rings. The van der Waals surface area contributed by atoms with E-state index >= 15 is 0 Å². The van der Waals surface area contributed by atoms with Crippen molar-refractivity contribution in [2.24, 2.45) is 0 Å². The molecule has 2 N–H and O–H groups in total. The third kappa shape index (κ3) is 5.85. The van der Waals surface area contributed by atoms with E-state index in [2.05, 4.69) is 59.5 Å². The second-order valence-electron chi connectivity index (χ2n) is 10.1. The largest absolute Gasteiger partial charge is 0.494 e. The first-order valence-corrected chi connectivity index (χ1v) is 15.9. The number of nitrogens with one attached hydrogen (secondary N) is 2. The first-order chi connectivity index (χ1) is 19.3. The van der Waals surface area contributed by atoms with Crippen LogP contribution < -0.4 is 25.6 Å². The summed E-state index contributed by atoms with van der Waals surface area (Å²) >= 11 is 0. The molecule has 1 saturated heterocycles. The van der Waals surface area contributed by atoms with E-state index in [-0.39, 0.29) is 0 Å². The molecule has 0 spiro atoms. The highest BCUT2D eigenvalue weighted by molar-refractivity contribution is 7.71. The molecule has 0 amide bonds. The van der Waals surface area contributed by atoms with Crippen LogP contribution in [-0.4, -0.2) is 71.7 Å². The molecule has 210 valence electrons. The van der Waals surface area contributed by atoms with Crippen molar-refractivity contribution >= 4 is 52.4 Å². The highest BCUT2D eigenvalue weighted by Crippen LogP contribution is 2.41. The standard InChI is InChI=1S/C28H35N8O3P/c1-6-18-15-22(24(39-3)16-23(18)36-13-9-19(38-2)10-14-36)34-28-32-17-31-27(35-28)33-21-8-7-20-25(30-12-11-29-20)26(21)40(4,5)37/h7-8,11-12,15-17,19H,6,9-10,13-14H2,1-5H3,(H2,31,32,33,34,35). The first kappa shape index (κ1) is 27.7. The molecule has 1 aliphatic heterocycles. The van der Waals surface area contributed by atoms with Crippen LogP contribution in [0.2, 0.25) is 0 Å². The number of piperidine rings is 1. The summed E-state index contributed by atoms with van der Waals surface area (Å²) in [6, 6.07) is 7.84. The Morgan fingerprint density at radius 1 is 0.975 bits per heavy atom. The molecule has 2 aromatic heterocycles. The summed E-state index contributed by atoms with van der Waals surface area (Å²) in [4.78, 5) is 24.4. The maximum absolute atomic E-state index is 13.3. The second kappa shape index (κ2) is 11.7. The van der Waals surface area contributed by atoms with Gasteiger partial charge in [-0.15, -0.1) is 0 Å². The Hall–Kier alpha value is -3.82. The van der Waals surface area contributed by atoms with E-state index in [1.54, 1.807) is 39.9 Å². The summed E-state index contributed by atoms with van der Waals surface area (Å²) in [5.74, 6) is 1.36. The van der Waals surface area contributed by atoms with Crippen LogP contribution in [0.25, 0.3) is 11.0 Å². The van der Waals surface area contributed by atoms with Crippen LogP contribution in [0.5, 0.6) is 5.75 Å². The summed E-state index contributed by atoms with van der Waals surface area (Å²) in [6.45, 7) is 7.45. The van der Waals surface area contributed by atoms with Gasteiger partial charge in [-0.2, -0.15) is 4.98 Å². The van der Waals surface area contributed by atoms with Gasteiger partial charge in [0, 0.05) is 44.3 Å². The van der Waals surface area contributed by atoms with Gasteiger partial charge in [-0.1, -0.05) is 6.92 Å².